The minimum atomic E-state index is -0.400. The lowest BCUT2D eigenvalue weighted by atomic mass is 10.2. The zero-order valence-corrected chi connectivity index (χ0v) is 10.1. The number of rotatable bonds is 1. The first kappa shape index (κ1) is 10.8. The van der Waals surface area contributed by atoms with Crippen molar-refractivity contribution in [3.63, 3.8) is 0 Å². The van der Waals surface area contributed by atoms with Crippen molar-refractivity contribution in [2.75, 3.05) is 0 Å². The molecule has 1 aromatic carbocycles. The number of hydrogen-bond acceptors (Lipinski definition) is 4. The molecule has 4 heteroatoms. The van der Waals surface area contributed by atoms with E-state index in [4.69, 9.17) is 8.83 Å². The summed E-state index contributed by atoms with van der Waals surface area (Å²) in [6.45, 7) is 3.72. The Morgan fingerprint density at radius 2 is 1.89 bits per heavy atom. The summed E-state index contributed by atoms with van der Waals surface area (Å²) in [5.41, 5.74) is 2.85. The van der Waals surface area contributed by atoms with Crippen LogP contribution in [0.15, 0.2) is 44.0 Å². The van der Waals surface area contributed by atoms with Crippen LogP contribution in [0.3, 0.4) is 0 Å². The Morgan fingerprint density at radius 3 is 2.67 bits per heavy atom. The lowest BCUT2D eigenvalue weighted by molar-refractivity contribution is 0.479. The molecule has 2 heterocycles. The molecule has 0 N–H and O–H groups in total. The Morgan fingerprint density at radius 1 is 1.06 bits per heavy atom. The number of aryl methyl sites for hydroxylation is 2. The van der Waals surface area contributed by atoms with Gasteiger partial charge in [0.2, 0.25) is 5.89 Å². The summed E-state index contributed by atoms with van der Waals surface area (Å²) >= 11 is 0. The number of benzene rings is 1. The lowest BCUT2D eigenvalue weighted by Crippen LogP contribution is -1.98. The van der Waals surface area contributed by atoms with Crippen molar-refractivity contribution in [3.8, 4) is 11.5 Å². The fraction of sp³-hybridized carbons (Fsp3) is 0.143. The number of nitrogens with zero attached hydrogens (tertiary/aromatic N) is 1. The highest BCUT2D eigenvalue weighted by Crippen LogP contribution is 2.24. The zero-order chi connectivity index (χ0) is 12.7. The number of oxazole rings is 1. The van der Waals surface area contributed by atoms with Crippen LogP contribution in [0.1, 0.15) is 11.3 Å². The molecule has 0 saturated carbocycles. The molecule has 4 nitrogen and oxygen atoms in total. The van der Waals surface area contributed by atoms with Gasteiger partial charge in [0.1, 0.15) is 11.3 Å². The van der Waals surface area contributed by atoms with E-state index < -0.39 is 5.63 Å². The average Bonchev–Trinajstić information content (AvgIpc) is 2.70. The Bertz CT molecular complexity index is 783. The van der Waals surface area contributed by atoms with Crippen LogP contribution >= 0.6 is 0 Å². The van der Waals surface area contributed by atoms with E-state index in [1.807, 2.05) is 25.1 Å². The van der Waals surface area contributed by atoms with E-state index in [1.54, 1.807) is 13.0 Å². The van der Waals surface area contributed by atoms with E-state index in [0.717, 1.165) is 11.1 Å². The van der Waals surface area contributed by atoms with E-state index in [9.17, 15) is 4.79 Å². The fourth-order valence-electron chi connectivity index (χ4n) is 1.89. The summed E-state index contributed by atoms with van der Waals surface area (Å²) in [5, 5.41) is 0. The van der Waals surface area contributed by atoms with Gasteiger partial charge in [-0.05, 0) is 37.6 Å². The largest absolute Gasteiger partial charge is 0.436 e. The maximum Gasteiger partial charge on any atom is 0.336 e. The third-order valence-corrected chi connectivity index (χ3v) is 2.68. The molecule has 3 rings (SSSR count). The first-order valence-corrected chi connectivity index (χ1v) is 5.61. The van der Waals surface area contributed by atoms with Gasteiger partial charge in [0, 0.05) is 11.6 Å². The molecule has 0 amide bonds. The monoisotopic (exact) mass is 241 g/mol. The van der Waals surface area contributed by atoms with Crippen molar-refractivity contribution in [2.24, 2.45) is 0 Å². The summed E-state index contributed by atoms with van der Waals surface area (Å²) in [6, 6.07) is 8.89. The Hall–Kier alpha value is -2.36. The predicted octanol–water partition coefficient (Wildman–Crippen LogP) is 3.06. The molecule has 0 spiro atoms. The molecule has 0 unspecified atom stereocenters. The van der Waals surface area contributed by atoms with Gasteiger partial charge in [0.25, 0.3) is 0 Å². The first-order chi connectivity index (χ1) is 8.61. The molecular formula is C14H11NO3. The van der Waals surface area contributed by atoms with Crippen LogP contribution in [0.25, 0.3) is 22.6 Å². The van der Waals surface area contributed by atoms with Gasteiger partial charge >= 0.3 is 5.63 Å². The van der Waals surface area contributed by atoms with Gasteiger partial charge in [0.05, 0.1) is 0 Å². The molecule has 0 fully saturated rings. The van der Waals surface area contributed by atoms with Crippen molar-refractivity contribution in [1.82, 2.24) is 4.98 Å². The van der Waals surface area contributed by atoms with Gasteiger partial charge in [-0.1, -0.05) is 6.07 Å². The van der Waals surface area contributed by atoms with E-state index in [1.165, 1.54) is 6.07 Å². The van der Waals surface area contributed by atoms with Crippen LogP contribution in [-0.4, -0.2) is 4.98 Å². The van der Waals surface area contributed by atoms with Gasteiger partial charge < -0.3 is 8.83 Å². The van der Waals surface area contributed by atoms with Crippen molar-refractivity contribution in [3.05, 3.63) is 52.1 Å². The van der Waals surface area contributed by atoms with E-state index in [0.29, 0.717) is 22.8 Å². The Kier molecular flexibility index (Phi) is 2.30. The molecule has 3 aromatic rings. The molecule has 90 valence electrons. The van der Waals surface area contributed by atoms with Crippen molar-refractivity contribution < 1.29 is 8.83 Å². The second-order valence-electron chi connectivity index (χ2n) is 4.27. The van der Waals surface area contributed by atoms with Gasteiger partial charge in [0.15, 0.2) is 5.58 Å². The molecule has 0 saturated heterocycles. The van der Waals surface area contributed by atoms with Crippen molar-refractivity contribution in [2.45, 2.75) is 13.8 Å². The SMILES string of the molecule is Cc1ccc2oc(-c3cc(C)oc(=O)c3)nc2c1. The van der Waals surface area contributed by atoms with Crippen LogP contribution in [0.5, 0.6) is 0 Å². The summed E-state index contributed by atoms with van der Waals surface area (Å²) in [7, 11) is 0. The molecule has 0 aliphatic heterocycles. The maximum atomic E-state index is 11.3. The summed E-state index contributed by atoms with van der Waals surface area (Å²) in [5.74, 6) is 0.975. The molecule has 0 aliphatic rings. The van der Waals surface area contributed by atoms with Crippen LogP contribution in [0.2, 0.25) is 0 Å². The van der Waals surface area contributed by atoms with E-state index >= 15 is 0 Å². The predicted molar refractivity (Wildman–Crippen MR) is 67.5 cm³/mol. The number of hydrogen-bond donors (Lipinski definition) is 0. The van der Waals surface area contributed by atoms with Crippen molar-refractivity contribution in [1.29, 1.82) is 0 Å². The van der Waals surface area contributed by atoms with Crippen LogP contribution < -0.4 is 5.63 Å². The van der Waals surface area contributed by atoms with Crippen molar-refractivity contribution >= 4 is 11.1 Å². The van der Waals surface area contributed by atoms with Crippen LogP contribution in [0.4, 0.5) is 0 Å². The van der Waals surface area contributed by atoms with E-state index in [2.05, 4.69) is 4.98 Å². The second kappa shape index (κ2) is 3.84. The molecule has 18 heavy (non-hydrogen) atoms. The van der Waals surface area contributed by atoms with Gasteiger partial charge in [-0.15, -0.1) is 0 Å². The quantitative estimate of drug-likeness (QED) is 0.657. The highest BCUT2D eigenvalue weighted by atomic mass is 16.4. The number of aromatic nitrogens is 1. The average molecular weight is 241 g/mol. The van der Waals surface area contributed by atoms with Crippen LogP contribution in [0, 0.1) is 13.8 Å². The summed E-state index contributed by atoms with van der Waals surface area (Å²) in [6.07, 6.45) is 0. The molecule has 0 aliphatic carbocycles. The van der Waals surface area contributed by atoms with E-state index in [-0.39, 0.29) is 0 Å². The van der Waals surface area contributed by atoms with Gasteiger partial charge in [-0.25, -0.2) is 9.78 Å². The Balaban J connectivity index is 2.22. The summed E-state index contributed by atoms with van der Waals surface area (Å²) < 4.78 is 10.5. The third kappa shape index (κ3) is 1.82. The minimum Gasteiger partial charge on any atom is -0.436 e. The molecule has 0 bridgehead atoms. The summed E-state index contributed by atoms with van der Waals surface area (Å²) in [4.78, 5) is 15.7. The van der Waals surface area contributed by atoms with Gasteiger partial charge in [-0.3, -0.25) is 0 Å². The van der Waals surface area contributed by atoms with Gasteiger partial charge in [-0.2, -0.15) is 0 Å². The van der Waals surface area contributed by atoms with Crippen LogP contribution in [-0.2, 0) is 0 Å². The molecule has 0 radical (unpaired) electrons. The smallest absolute Gasteiger partial charge is 0.336 e. The maximum absolute atomic E-state index is 11.3. The highest BCUT2D eigenvalue weighted by Gasteiger charge is 2.10. The third-order valence-electron chi connectivity index (χ3n) is 2.68. The second-order valence-corrected chi connectivity index (χ2v) is 4.27. The first-order valence-electron chi connectivity index (χ1n) is 5.61. The molecule has 2 aromatic heterocycles. The topological polar surface area (TPSA) is 56.2 Å². The standard InChI is InChI=1S/C14H11NO3/c1-8-3-4-12-11(5-8)15-14(18-12)10-6-9(2)17-13(16)7-10/h3-7H,1-2H3. The molecule has 0 atom stereocenters. The Labute approximate surface area is 103 Å². The normalized spacial score (nSPS) is 11.0. The highest BCUT2D eigenvalue weighted by molar-refractivity contribution is 5.76. The number of fused-ring (bicyclic) bond motifs is 1. The minimum absolute atomic E-state index is 0.400. The molecular weight excluding hydrogens is 230 g/mol. The zero-order valence-electron chi connectivity index (χ0n) is 10.1. The fourth-order valence-corrected chi connectivity index (χ4v) is 1.89. The lowest BCUT2D eigenvalue weighted by Gasteiger charge is -1.94.